The second-order valence-electron chi connectivity index (χ2n) is 3.23. The van der Waals surface area contributed by atoms with Crippen LogP contribution in [0.5, 0.6) is 0 Å². The van der Waals surface area contributed by atoms with Gasteiger partial charge in [-0.1, -0.05) is 0 Å². The van der Waals surface area contributed by atoms with Crippen LogP contribution in [-0.2, 0) is 0 Å². The van der Waals surface area contributed by atoms with Crippen LogP contribution in [-0.4, -0.2) is 29.9 Å². The molecule has 0 bridgehead atoms. The second-order valence-corrected chi connectivity index (χ2v) is 3.23. The molecule has 0 saturated carbocycles. The van der Waals surface area contributed by atoms with Crippen molar-refractivity contribution in [2.75, 3.05) is 0 Å². The summed E-state index contributed by atoms with van der Waals surface area (Å²) in [5.41, 5.74) is 2.02. The summed E-state index contributed by atoms with van der Waals surface area (Å²) >= 11 is 0. The SMILES string of the molecule is c1ncn(-c2ccc(-c3cn[nH]c3)cn2)n1. The molecule has 0 radical (unpaired) electrons. The molecule has 0 unspecified atom stereocenters. The number of nitrogens with one attached hydrogen (secondary N) is 1. The Kier molecular flexibility index (Phi) is 1.96. The van der Waals surface area contributed by atoms with Crippen molar-refractivity contribution in [2.24, 2.45) is 0 Å². The van der Waals surface area contributed by atoms with Gasteiger partial charge in [0.2, 0.25) is 0 Å². The first-order valence-electron chi connectivity index (χ1n) is 4.74. The highest BCUT2D eigenvalue weighted by atomic mass is 15.3. The molecule has 78 valence electrons. The van der Waals surface area contributed by atoms with Crippen LogP contribution in [0.4, 0.5) is 0 Å². The molecule has 16 heavy (non-hydrogen) atoms. The Morgan fingerprint density at radius 1 is 1.12 bits per heavy atom. The maximum atomic E-state index is 4.30. The van der Waals surface area contributed by atoms with Crippen molar-refractivity contribution in [2.45, 2.75) is 0 Å². The first kappa shape index (κ1) is 8.78. The van der Waals surface area contributed by atoms with Crippen molar-refractivity contribution in [1.82, 2.24) is 29.9 Å². The molecule has 0 aliphatic heterocycles. The highest BCUT2D eigenvalue weighted by Gasteiger charge is 2.01. The molecule has 3 heterocycles. The van der Waals surface area contributed by atoms with Crippen LogP contribution in [0.1, 0.15) is 0 Å². The van der Waals surface area contributed by atoms with E-state index in [1.165, 1.54) is 6.33 Å². The van der Waals surface area contributed by atoms with E-state index >= 15 is 0 Å². The molecule has 6 nitrogen and oxygen atoms in total. The molecular weight excluding hydrogens is 204 g/mol. The molecule has 0 spiro atoms. The van der Waals surface area contributed by atoms with Gasteiger partial charge in [0.05, 0.1) is 6.20 Å². The first-order chi connectivity index (χ1) is 7.93. The Labute approximate surface area is 91.0 Å². The number of H-pyrrole nitrogens is 1. The minimum absolute atomic E-state index is 0.741. The van der Waals surface area contributed by atoms with E-state index in [0.29, 0.717) is 0 Å². The lowest BCUT2D eigenvalue weighted by molar-refractivity contribution is 0.846. The molecule has 3 aromatic rings. The van der Waals surface area contributed by atoms with Gasteiger partial charge in [-0.2, -0.15) is 10.2 Å². The van der Waals surface area contributed by atoms with E-state index in [9.17, 15) is 0 Å². The lowest BCUT2D eigenvalue weighted by Gasteiger charge is -2.00. The van der Waals surface area contributed by atoms with Gasteiger partial charge in [-0.25, -0.2) is 14.6 Å². The molecular formula is C10H8N6. The summed E-state index contributed by atoms with van der Waals surface area (Å²) in [6.45, 7) is 0. The largest absolute Gasteiger partial charge is 0.285 e. The fourth-order valence-corrected chi connectivity index (χ4v) is 1.43. The smallest absolute Gasteiger partial charge is 0.155 e. The van der Waals surface area contributed by atoms with Gasteiger partial charge in [0.25, 0.3) is 0 Å². The minimum Gasteiger partial charge on any atom is -0.285 e. The van der Waals surface area contributed by atoms with E-state index < -0.39 is 0 Å². The van der Waals surface area contributed by atoms with Gasteiger partial charge >= 0.3 is 0 Å². The number of rotatable bonds is 2. The molecule has 0 aromatic carbocycles. The molecule has 0 amide bonds. The Balaban J connectivity index is 1.97. The Bertz CT molecular complexity index is 499. The number of nitrogens with zero attached hydrogens (tertiary/aromatic N) is 5. The van der Waals surface area contributed by atoms with Crippen molar-refractivity contribution >= 4 is 0 Å². The van der Waals surface area contributed by atoms with Crippen LogP contribution < -0.4 is 0 Å². The summed E-state index contributed by atoms with van der Waals surface area (Å²) in [5.74, 6) is 0.741. The van der Waals surface area contributed by atoms with Gasteiger partial charge in [-0.3, -0.25) is 5.10 Å². The van der Waals surface area contributed by atoms with Crippen LogP contribution in [0.2, 0.25) is 0 Å². The molecule has 3 aromatic heterocycles. The lowest BCUT2D eigenvalue weighted by atomic mass is 10.2. The van der Waals surface area contributed by atoms with Gasteiger partial charge in [-0.05, 0) is 12.1 Å². The fraction of sp³-hybridized carbons (Fsp3) is 0. The van der Waals surface area contributed by atoms with Crippen molar-refractivity contribution in [3.63, 3.8) is 0 Å². The summed E-state index contributed by atoms with van der Waals surface area (Å²) in [4.78, 5) is 8.16. The number of hydrogen-bond acceptors (Lipinski definition) is 4. The van der Waals surface area contributed by atoms with Gasteiger partial charge < -0.3 is 0 Å². The van der Waals surface area contributed by atoms with Crippen molar-refractivity contribution in [1.29, 1.82) is 0 Å². The summed E-state index contributed by atoms with van der Waals surface area (Å²) < 4.78 is 1.61. The lowest BCUT2D eigenvalue weighted by Crippen LogP contribution is -1.97. The third kappa shape index (κ3) is 1.46. The molecule has 3 rings (SSSR count). The summed E-state index contributed by atoms with van der Waals surface area (Å²) in [5, 5.41) is 10.7. The van der Waals surface area contributed by atoms with Crippen LogP contribution in [0.25, 0.3) is 16.9 Å². The zero-order valence-electron chi connectivity index (χ0n) is 8.28. The molecule has 0 atom stereocenters. The number of hydrogen-bond donors (Lipinski definition) is 1. The van der Waals surface area contributed by atoms with Crippen LogP contribution in [0, 0.1) is 0 Å². The van der Waals surface area contributed by atoms with Crippen LogP contribution in [0.3, 0.4) is 0 Å². The topological polar surface area (TPSA) is 72.3 Å². The van der Waals surface area contributed by atoms with Crippen LogP contribution in [0.15, 0.2) is 43.4 Å². The Morgan fingerprint density at radius 3 is 2.75 bits per heavy atom. The van der Waals surface area contributed by atoms with E-state index in [1.807, 2.05) is 18.3 Å². The van der Waals surface area contributed by atoms with Crippen LogP contribution >= 0.6 is 0 Å². The third-order valence-electron chi connectivity index (χ3n) is 2.23. The number of pyridine rings is 1. The predicted molar refractivity (Wildman–Crippen MR) is 56.7 cm³/mol. The van der Waals surface area contributed by atoms with Crippen molar-refractivity contribution in [3.05, 3.63) is 43.4 Å². The average molecular weight is 212 g/mol. The Morgan fingerprint density at radius 2 is 2.12 bits per heavy atom. The molecule has 0 saturated heterocycles. The van der Waals surface area contributed by atoms with Crippen molar-refractivity contribution < 1.29 is 0 Å². The van der Waals surface area contributed by atoms with E-state index in [0.717, 1.165) is 16.9 Å². The Hall–Kier alpha value is -2.50. The van der Waals surface area contributed by atoms with E-state index in [-0.39, 0.29) is 0 Å². The average Bonchev–Trinajstić information content (AvgIpc) is 3.03. The summed E-state index contributed by atoms with van der Waals surface area (Å²) in [7, 11) is 0. The normalized spacial score (nSPS) is 10.5. The first-order valence-corrected chi connectivity index (χ1v) is 4.74. The van der Waals surface area contributed by atoms with E-state index in [1.54, 1.807) is 23.4 Å². The monoisotopic (exact) mass is 212 g/mol. The standard InChI is InChI=1S/C10H8N6/c1-2-10(16-7-11-6-15-16)12-3-8(1)9-4-13-14-5-9/h1-7H,(H,13,14). The molecule has 6 heteroatoms. The van der Waals surface area contributed by atoms with Gasteiger partial charge in [-0.15, -0.1) is 0 Å². The van der Waals surface area contributed by atoms with Gasteiger partial charge in [0, 0.05) is 23.5 Å². The highest BCUT2D eigenvalue weighted by molar-refractivity contribution is 5.60. The molecule has 0 aliphatic carbocycles. The zero-order valence-corrected chi connectivity index (χ0v) is 8.28. The predicted octanol–water partition coefficient (Wildman–Crippen LogP) is 1.05. The molecule has 1 N–H and O–H groups in total. The van der Waals surface area contributed by atoms with E-state index in [2.05, 4.69) is 25.3 Å². The molecule has 0 fully saturated rings. The van der Waals surface area contributed by atoms with E-state index in [4.69, 9.17) is 0 Å². The second kappa shape index (κ2) is 3.58. The number of aromatic amines is 1. The number of aromatic nitrogens is 6. The van der Waals surface area contributed by atoms with Crippen molar-refractivity contribution in [3.8, 4) is 16.9 Å². The van der Waals surface area contributed by atoms with Gasteiger partial charge in [0.1, 0.15) is 12.7 Å². The minimum atomic E-state index is 0.741. The maximum absolute atomic E-state index is 4.30. The highest BCUT2D eigenvalue weighted by Crippen LogP contribution is 2.16. The zero-order chi connectivity index (χ0) is 10.8. The molecule has 0 aliphatic rings. The fourth-order valence-electron chi connectivity index (χ4n) is 1.43. The summed E-state index contributed by atoms with van der Waals surface area (Å²) in [6.07, 6.45) is 8.45. The van der Waals surface area contributed by atoms with Gasteiger partial charge in [0.15, 0.2) is 5.82 Å². The summed E-state index contributed by atoms with van der Waals surface area (Å²) in [6, 6.07) is 3.85. The maximum Gasteiger partial charge on any atom is 0.155 e. The quantitative estimate of drug-likeness (QED) is 0.689. The third-order valence-corrected chi connectivity index (χ3v) is 2.23.